The molecular weight excluding hydrogens is 367 g/mol. The SMILES string of the molecule is O=C(c1ccc(OCc2ccc(Cl)cc2)c(F)c1)C1CNc2ncccc21. The van der Waals surface area contributed by atoms with Crippen molar-refractivity contribution < 1.29 is 13.9 Å². The number of aromatic nitrogens is 1. The molecule has 1 unspecified atom stereocenters. The quantitative estimate of drug-likeness (QED) is 0.641. The first-order chi connectivity index (χ1) is 13.1. The number of carbonyl (C=O) groups excluding carboxylic acids is 1. The van der Waals surface area contributed by atoms with Gasteiger partial charge in [0.15, 0.2) is 17.3 Å². The van der Waals surface area contributed by atoms with Gasteiger partial charge in [-0.3, -0.25) is 4.79 Å². The summed E-state index contributed by atoms with van der Waals surface area (Å²) in [5.74, 6) is -0.258. The van der Waals surface area contributed by atoms with Crippen LogP contribution in [0.15, 0.2) is 60.8 Å². The smallest absolute Gasteiger partial charge is 0.172 e. The summed E-state index contributed by atoms with van der Waals surface area (Å²) in [6.45, 7) is 0.675. The molecule has 1 aliphatic heterocycles. The van der Waals surface area contributed by atoms with Gasteiger partial charge in [0.25, 0.3) is 0 Å². The lowest BCUT2D eigenvalue weighted by atomic mass is 9.93. The highest BCUT2D eigenvalue weighted by molar-refractivity contribution is 6.30. The summed E-state index contributed by atoms with van der Waals surface area (Å²) in [4.78, 5) is 17.0. The first kappa shape index (κ1) is 17.5. The van der Waals surface area contributed by atoms with E-state index >= 15 is 0 Å². The van der Waals surface area contributed by atoms with Crippen LogP contribution in [0, 0.1) is 5.82 Å². The van der Waals surface area contributed by atoms with Crippen molar-refractivity contribution in [2.24, 2.45) is 0 Å². The molecule has 2 aromatic carbocycles. The lowest BCUT2D eigenvalue weighted by Crippen LogP contribution is -2.15. The van der Waals surface area contributed by atoms with E-state index in [1.165, 1.54) is 12.1 Å². The minimum absolute atomic E-state index is 0.105. The second-order valence-corrected chi connectivity index (χ2v) is 6.74. The molecule has 4 rings (SSSR count). The zero-order valence-corrected chi connectivity index (χ0v) is 15.0. The number of fused-ring (bicyclic) bond motifs is 1. The van der Waals surface area contributed by atoms with E-state index in [-0.39, 0.29) is 24.1 Å². The molecule has 1 aromatic heterocycles. The van der Waals surface area contributed by atoms with Crippen molar-refractivity contribution in [1.82, 2.24) is 4.98 Å². The monoisotopic (exact) mass is 382 g/mol. The fraction of sp³-hybridized carbons (Fsp3) is 0.143. The molecule has 0 amide bonds. The fourth-order valence-corrected chi connectivity index (χ4v) is 3.23. The summed E-state index contributed by atoms with van der Waals surface area (Å²) in [6.07, 6.45) is 1.67. The van der Waals surface area contributed by atoms with Gasteiger partial charge in [-0.2, -0.15) is 0 Å². The number of hydrogen-bond acceptors (Lipinski definition) is 4. The van der Waals surface area contributed by atoms with E-state index < -0.39 is 5.82 Å². The minimum atomic E-state index is -0.563. The Balaban J connectivity index is 1.48. The summed E-state index contributed by atoms with van der Waals surface area (Å²) in [5.41, 5.74) is 2.03. The zero-order valence-electron chi connectivity index (χ0n) is 14.3. The highest BCUT2D eigenvalue weighted by atomic mass is 35.5. The van der Waals surface area contributed by atoms with E-state index in [1.54, 1.807) is 30.5 Å². The number of anilines is 1. The van der Waals surface area contributed by atoms with Gasteiger partial charge in [-0.05, 0) is 42.0 Å². The van der Waals surface area contributed by atoms with Gasteiger partial charge in [-0.25, -0.2) is 9.37 Å². The number of ketones is 1. The largest absolute Gasteiger partial charge is 0.486 e. The van der Waals surface area contributed by atoms with Gasteiger partial charge in [0.2, 0.25) is 0 Å². The molecule has 6 heteroatoms. The number of nitrogens with zero attached hydrogens (tertiary/aromatic N) is 1. The van der Waals surface area contributed by atoms with Crippen molar-refractivity contribution in [3.8, 4) is 5.75 Å². The fourth-order valence-electron chi connectivity index (χ4n) is 3.10. The molecule has 0 bridgehead atoms. The van der Waals surface area contributed by atoms with Crippen LogP contribution in [0.2, 0.25) is 5.02 Å². The predicted molar refractivity (Wildman–Crippen MR) is 102 cm³/mol. The number of benzene rings is 2. The molecular formula is C21H16ClFN2O2. The van der Waals surface area contributed by atoms with Gasteiger partial charge < -0.3 is 10.1 Å². The lowest BCUT2D eigenvalue weighted by Gasteiger charge is -2.11. The Labute approximate surface area is 161 Å². The van der Waals surface area contributed by atoms with E-state index in [0.717, 1.165) is 11.1 Å². The maximum atomic E-state index is 14.4. The molecule has 0 saturated heterocycles. The Morgan fingerprint density at radius 2 is 2.04 bits per heavy atom. The topological polar surface area (TPSA) is 51.2 Å². The maximum Gasteiger partial charge on any atom is 0.172 e. The van der Waals surface area contributed by atoms with Crippen LogP contribution in [0.4, 0.5) is 10.2 Å². The molecule has 0 saturated carbocycles. The Morgan fingerprint density at radius 1 is 1.22 bits per heavy atom. The van der Waals surface area contributed by atoms with Crippen molar-refractivity contribution >= 4 is 23.2 Å². The van der Waals surface area contributed by atoms with E-state index in [9.17, 15) is 9.18 Å². The Kier molecular flexibility index (Phi) is 4.77. The van der Waals surface area contributed by atoms with E-state index in [4.69, 9.17) is 16.3 Å². The molecule has 1 atom stereocenters. The third-order valence-electron chi connectivity index (χ3n) is 4.53. The molecule has 0 radical (unpaired) electrons. The molecule has 27 heavy (non-hydrogen) atoms. The average molecular weight is 383 g/mol. The van der Waals surface area contributed by atoms with Crippen LogP contribution in [0.25, 0.3) is 0 Å². The second kappa shape index (κ2) is 7.37. The maximum absolute atomic E-state index is 14.4. The highest BCUT2D eigenvalue weighted by Gasteiger charge is 2.30. The van der Waals surface area contributed by atoms with Crippen LogP contribution in [-0.2, 0) is 6.61 Å². The molecule has 0 spiro atoms. The third kappa shape index (κ3) is 3.64. The van der Waals surface area contributed by atoms with Gasteiger partial charge in [0.05, 0.1) is 5.92 Å². The number of halogens is 2. The standard InChI is InChI=1S/C21H16ClFN2O2/c22-15-6-3-13(4-7-15)12-27-19-8-5-14(10-18(19)23)20(26)17-11-25-21-16(17)2-1-9-24-21/h1-10,17H,11-12H2,(H,24,25). The van der Waals surface area contributed by atoms with Gasteiger partial charge >= 0.3 is 0 Å². The summed E-state index contributed by atoms with van der Waals surface area (Å²) in [5, 5.41) is 3.74. The Hall–Kier alpha value is -2.92. The van der Waals surface area contributed by atoms with Crippen LogP contribution in [-0.4, -0.2) is 17.3 Å². The number of ether oxygens (including phenoxy) is 1. The lowest BCUT2D eigenvalue weighted by molar-refractivity contribution is 0.0966. The highest BCUT2D eigenvalue weighted by Crippen LogP contribution is 2.32. The van der Waals surface area contributed by atoms with E-state index in [0.29, 0.717) is 22.9 Å². The van der Waals surface area contributed by atoms with Crippen molar-refractivity contribution in [3.05, 3.63) is 88.3 Å². The number of nitrogens with one attached hydrogen (secondary N) is 1. The summed E-state index contributed by atoms with van der Waals surface area (Å²) < 4.78 is 20.0. The van der Waals surface area contributed by atoms with Gasteiger partial charge in [0.1, 0.15) is 12.4 Å². The number of rotatable bonds is 5. The van der Waals surface area contributed by atoms with Gasteiger partial charge in [-0.15, -0.1) is 0 Å². The Morgan fingerprint density at radius 3 is 2.81 bits per heavy atom. The summed E-state index contributed by atoms with van der Waals surface area (Å²) >= 11 is 5.85. The van der Waals surface area contributed by atoms with Crippen molar-refractivity contribution in [1.29, 1.82) is 0 Å². The average Bonchev–Trinajstić information content (AvgIpc) is 3.12. The minimum Gasteiger partial charge on any atom is -0.486 e. The second-order valence-electron chi connectivity index (χ2n) is 6.30. The van der Waals surface area contributed by atoms with Crippen LogP contribution in [0.1, 0.15) is 27.4 Å². The molecule has 1 N–H and O–H groups in total. The first-order valence-corrected chi connectivity index (χ1v) is 8.89. The number of hydrogen-bond donors (Lipinski definition) is 1. The molecule has 4 nitrogen and oxygen atoms in total. The molecule has 0 fully saturated rings. The van der Waals surface area contributed by atoms with E-state index in [1.807, 2.05) is 18.2 Å². The van der Waals surface area contributed by atoms with Crippen LogP contribution >= 0.6 is 11.6 Å². The van der Waals surface area contributed by atoms with Crippen molar-refractivity contribution in [2.45, 2.75) is 12.5 Å². The predicted octanol–water partition coefficient (Wildman–Crippen LogP) is 4.85. The third-order valence-corrected chi connectivity index (χ3v) is 4.78. The van der Waals surface area contributed by atoms with Crippen LogP contribution in [0.3, 0.4) is 0 Å². The Bertz CT molecular complexity index is 992. The van der Waals surface area contributed by atoms with E-state index in [2.05, 4.69) is 10.3 Å². The number of carbonyl (C=O) groups is 1. The zero-order chi connectivity index (χ0) is 18.8. The van der Waals surface area contributed by atoms with Gasteiger partial charge in [0, 0.05) is 28.9 Å². The first-order valence-electron chi connectivity index (χ1n) is 8.51. The van der Waals surface area contributed by atoms with Crippen molar-refractivity contribution in [3.63, 3.8) is 0 Å². The van der Waals surface area contributed by atoms with Crippen LogP contribution in [0.5, 0.6) is 5.75 Å². The normalized spacial score (nSPS) is 15.1. The summed E-state index contributed by atoms with van der Waals surface area (Å²) in [6, 6.07) is 15.1. The molecule has 3 aromatic rings. The van der Waals surface area contributed by atoms with Crippen molar-refractivity contribution in [2.75, 3.05) is 11.9 Å². The van der Waals surface area contributed by atoms with Gasteiger partial charge in [-0.1, -0.05) is 29.8 Å². The number of pyridine rings is 1. The molecule has 0 aliphatic carbocycles. The number of Topliss-reactive ketones (excluding diaryl/α,β-unsaturated/α-hetero) is 1. The van der Waals surface area contributed by atoms with Crippen LogP contribution < -0.4 is 10.1 Å². The molecule has 2 heterocycles. The summed E-state index contributed by atoms with van der Waals surface area (Å²) in [7, 11) is 0. The molecule has 1 aliphatic rings. The molecule has 136 valence electrons.